The van der Waals surface area contributed by atoms with Crippen molar-refractivity contribution in [2.45, 2.75) is 44.2 Å². The van der Waals surface area contributed by atoms with Crippen LogP contribution in [0.25, 0.3) is 0 Å². The Hall–Kier alpha value is -1.88. The molecule has 1 saturated carbocycles. The van der Waals surface area contributed by atoms with Crippen LogP contribution >= 0.6 is 0 Å². The Kier molecular flexibility index (Phi) is 5.95. The lowest BCUT2D eigenvalue weighted by molar-refractivity contribution is -0.148. The van der Waals surface area contributed by atoms with Gasteiger partial charge in [0, 0.05) is 0 Å². The Morgan fingerprint density at radius 1 is 1.18 bits per heavy atom. The molecule has 0 aromatic heterocycles. The molecule has 0 unspecified atom stereocenters. The Morgan fingerprint density at radius 3 is 2.41 bits per heavy atom. The second kappa shape index (κ2) is 7.94. The zero-order valence-electron chi connectivity index (χ0n) is 12.8. The van der Waals surface area contributed by atoms with Gasteiger partial charge >= 0.3 is 5.97 Å². The summed E-state index contributed by atoms with van der Waals surface area (Å²) in [6.07, 6.45) is 3.76. The predicted octanol–water partition coefficient (Wildman–Crippen LogP) is 1.96. The molecule has 1 fully saturated rings. The van der Waals surface area contributed by atoms with E-state index in [0.29, 0.717) is 5.56 Å². The maximum absolute atomic E-state index is 12.2. The summed E-state index contributed by atoms with van der Waals surface area (Å²) in [5, 5.41) is 12.8. The third-order valence-corrected chi connectivity index (χ3v) is 4.24. The van der Waals surface area contributed by atoms with Gasteiger partial charge < -0.3 is 15.2 Å². The summed E-state index contributed by atoms with van der Waals surface area (Å²) in [7, 11) is 1.32. The number of nitrogens with one attached hydrogen (secondary N) is 1. The van der Waals surface area contributed by atoms with Crippen LogP contribution in [0.4, 0.5) is 0 Å². The number of amides is 1. The number of carbonyl (C=O) groups excluding carboxylic acids is 2. The fourth-order valence-electron chi connectivity index (χ4n) is 2.98. The van der Waals surface area contributed by atoms with Crippen LogP contribution in [-0.2, 0) is 14.3 Å². The number of aliphatic hydroxyl groups excluding tert-OH is 1. The highest BCUT2D eigenvalue weighted by Crippen LogP contribution is 2.27. The molecule has 1 aliphatic carbocycles. The summed E-state index contributed by atoms with van der Waals surface area (Å²) < 4.78 is 4.82. The number of aliphatic hydroxyl groups is 1. The molecule has 0 saturated heterocycles. The van der Waals surface area contributed by atoms with Gasteiger partial charge in [-0.05, 0) is 24.3 Å². The lowest BCUT2D eigenvalue weighted by atomic mass is 9.83. The largest absolute Gasteiger partial charge is 0.467 e. The average molecular weight is 305 g/mol. The van der Waals surface area contributed by atoms with Gasteiger partial charge in [-0.2, -0.15) is 0 Å². The van der Waals surface area contributed by atoms with Crippen molar-refractivity contribution in [1.82, 2.24) is 5.32 Å². The maximum Gasteiger partial charge on any atom is 0.328 e. The zero-order valence-corrected chi connectivity index (χ0v) is 12.8. The standard InChI is InChI=1S/C17H23NO4/c1-22-17(21)14(12-8-4-2-5-9-12)18-16(20)15(19)13-10-6-3-7-11-13/h3,6-7,10-12,14-15,19H,2,4-5,8-9H2,1H3,(H,18,20)/t14-,15+/m1/s1. The molecule has 2 N–H and O–H groups in total. The van der Waals surface area contributed by atoms with E-state index in [-0.39, 0.29) is 5.92 Å². The van der Waals surface area contributed by atoms with E-state index in [4.69, 9.17) is 4.74 Å². The Balaban J connectivity index is 2.05. The molecule has 1 aliphatic rings. The molecule has 0 spiro atoms. The van der Waals surface area contributed by atoms with Crippen LogP contribution < -0.4 is 5.32 Å². The fraction of sp³-hybridized carbons (Fsp3) is 0.529. The number of methoxy groups -OCH3 is 1. The summed E-state index contributed by atoms with van der Waals surface area (Å²) in [4.78, 5) is 24.2. The van der Waals surface area contributed by atoms with Crippen molar-refractivity contribution < 1.29 is 19.4 Å². The second-order valence-electron chi connectivity index (χ2n) is 5.72. The first kappa shape index (κ1) is 16.5. The fourth-order valence-corrected chi connectivity index (χ4v) is 2.98. The molecule has 1 aromatic carbocycles. The first-order chi connectivity index (χ1) is 10.6. The highest BCUT2D eigenvalue weighted by molar-refractivity contribution is 5.87. The Bertz CT molecular complexity index is 497. The monoisotopic (exact) mass is 305 g/mol. The lowest BCUT2D eigenvalue weighted by Gasteiger charge is -2.29. The first-order valence-electron chi connectivity index (χ1n) is 7.74. The van der Waals surface area contributed by atoms with Gasteiger partial charge in [-0.15, -0.1) is 0 Å². The molecule has 0 radical (unpaired) electrons. The van der Waals surface area contributed by atoms with E-state index in [1.165, 1.54) is 7.11 Å². The molecule has 120 valence electrons. The quantitative estimate of drug-likeness (QED) is 0.815. The van der Waals surface area contributed by atoms with Crippen molar-refractivity contribution in [3.8, 4) is 0 Å². The van der Waals surface area contributed by atoms with E-state index in [0.717, 1.165) is 32.1 Å². The van der Waals surface area contributed by atoms with Crippen molar-refractivity contribution in [1.29, 1.82) is 0 Å². The molecule has 5 nitrogen and oxygen atoms in total. The van der Waals surface area contributed by atoms with Gasteiger partial charge in [-0.1, -0.05) is 49.6 Å². The highest BCUT2D eigenvalue weighted by atomic mass is 16.5. The number of hydrogen-bond acceptors (Lipinski definition) is 4. The van der Waals surface area contributed by atoms with Gasteiger partial charge in [0.2, 0.25) is 0 Å². The van der Waals surface area contributed by atoms with Crippen LogP contribution in [0.1, 0.15) is 43.8 Å². The molecule has 0 heterocycles. The number of ether oxygens (including phenoxy) is 1. The molecule has 5 heteroatoms. The molecule has 2 rings (SSSR count). The molecule has 1 amide bonds. The van der Waals surface area contributed by atoms with Crippen molar-refractivity contribution >= 4 is 11.9 Å². The normalized spacial score (nSPS) is 18.3. The van der Waals surface area contributed by atoms with E-state index in [9.17, 15) is 14.7 Å². The minimum atomic E-state index is -1.28. The molecule has 2 atom stereocenters. The van der Waals surface area contributed by atoms with Gasteiger partial charge in [-0.25, -0.2) is 4.79 Å². The van der Waals surface area contributed by atoms with Crippen LogP contribution in [-0.4, -0.2) is 30.1 Å². The van der Waals surface area contributed by atoms with E-state index in [1.807, 2.05) is 6.07 Å². The minimum Gasteiger partial charge on any atom is -0.467 e. The van der Waals surface area contributed by atoms with Gasteiger partial charge in [-0.3, -0.25) is 4.79 Å². The van der Waals surface area contributed by atoms with Crippen LogP contribution in [0.2, 0.25) is 0 Å². The van der Waals surface area contributed by atoms with E-state index in [1.54, 1.807) is 24.3 Å². The van der Waals surface area contributed by atoms with Gasteiger partial charge in [0.1, 0.15) is 6.04 Å². The average Bonchev–Trinajstić information content (AvgIpc) is 2.59. The Morgan fingerprint density at radius 2 is 1.82 bits per heavy atom. The summed E-state index contributed by atoms with van der Waals surface area (Å²) in [6, 6.07) is 8.00. The van der Waals surface area contributed by atoms with Crippen molar-refractivity contribution in [2.75, 3.05) is 7.11 Å². The van der Waals surface area contributed by atoms with Crippen LogP contribution in [0, 0.1) is 5.92 Å². The summed E-state index contributed by atoms with van der Waals surface area (Å²) in [5.74, 6) is -0.930. The van der Waals surface area contributed by atoms with Crippen LogP contribution in [0.3, 0.4) is 0 Å². The number of carbonyl (C=O) groups is 2. The Labute approximate surface area is 130 Å². The minimum absolute atomic E-state index is 0.0770. The molecule has 0 aliphatic heterocycles. The third kappa shape index (κ3) is 4.07. The van der Waals surface area contributed by atoms with Crippen molar-refractivity contribution in [2.24, 2.45) is 5.92 Å². The number of esters is 1. The van der Waals surface area contributed by atoms with Gasteiger partial charge in [0.25, 0.3) is 5.91 Å². The SMILES string of the molecule is COC(=O)[C@H](NC(=O)[C@@H](O)c1ccccc1)C1CCCCC1. The first-order valence-corrected chi connectivity index (χ1v) is 7.74. The lowest BCUT2D eigenvalue weighted by Crippen LogP contribution is -2.48. The van der Waals surface area contributed by atoms with Crippen LogP contribution in [0.5, 0.6) is 0 Å². The highest BCUT2D eigenvalue weighted by Gasteiger charge is 2.33. The number of benzene rings is 1. The smallest absolute Gasteiger partial charge is 0.328 e. The summed E-state index contributed by atoms with van der Waals surface area (Å²) >= 11 is 0. The molecular formula is C17H23NO4. The van der Waals surface area contributed by atoms with E-state index in [2.05, 4.69) is 5.32 Å². The summed E-state index contributed by atoms with van der Waals surface area (Å²) in [6.45, 7) is 0. The van der Waals surface area contributed by atoms with Gasteiger partial charge in [0.15, 0.2) is 6.10 Å². The third-order valence-electron chi connectivity index (χ3n) is 4.24. The molecule has 22 heavy (non-hydrogen) atoms. The molecular weight excluding hydrogens is 282 g/mol. The number of hydrogen-bond donors (Lipinski definition) is 2. The predicted molar refractivity (Wildman–Crippen MR) is 81.9 cm³/mol. The van der Waals surface area contributed by atoms with E-state index >= 15 is 0 Å². The topological polar surface area (TPSA) is 75.6 Å². The summed E-state index contributed by atoms with van der Waals surface area (Å²) in [5.41, 5.74) is 0.507. The number of rotatable bonds is 5. The van der Waals surface area contributed by atoms with E-state index < -0.39 is 24.0 Å². The van der Waals surface area contributed by atoms with Crippen molar-refractivity contribution in [3.05, 3.63) is 35.9 Å². The molecule has 1 aromatic rings. The van der Waals surface area contributed by atoms with Crippen molar-refractivity contribution in [3.63, 3.8) is 0 Å². The van der Waals surface area contributed by atoms with Gasteiger partial charge in [0.05, 0.1) is 7.11 Å². The second-order valence-corrected chi connectivity index (χ2v) is 5.72. The zero-order chi connectivity index (χ0) is 15.9. The molecule has 0 bridgehead atoms. The van der Waals surface area contributed by atoms with Crippen LogP contribution in [0.15, 0.2) is 30.3 Å². The maximum atomic E-state index is 12.2.